The zero-order valence-electron chi connectivity index (χ0n) is 17.7. The van der Waals surface area contributed by atoms with Crippen LogP contribution in [0.3, 0.4) is 0 Å². The molecule has 0 bridgehead atoms. The molecule has 3 aromatic heterocycles. The highest BCUT2D eigenvalue weighted by molar-refractivity contribution is 5.95. The Balaban J connectivity index is 1.43. The third kappa shape index (κ3) is 4.88. The number of amidine groups is 1. The second kappa shape index (κ2) is 9.22. The van der Waals surface area contributed by atoms with Crippen LogP contribution in [0.25, 0.3) is 11.3 Å². The van der Waals surface area contributed by atoms with Gasteiger partial charge in [0.15, 0.2) is 0 Å². The normalized spacial score (nSPS) is 19.4. The van der Waals surface area contributed by atoms with Gasteiger partial charge in [-0.2, -0.15) is 0 Å². The van der Waals surface area contributed by atoms with Crippen molar-refractivity contribution in [2.24, 2.45) is 10.7 Å². The Morgan fingerprint density at radius 3 is 2.74 bits per heavy atom. The highest BCUT2D eigenvalue weighted by Crippen LogP contribution is 2.26. The molecule has 3 N–H and O–H groups in total. The number of ether oxygens (including phenoxy) is 1. The van der Waals surface area contributed by atoms with E-state index in [-0.39, 0.29) is 18.5 Å². The molecule has 0 unspecified atom stereocenters. The van der Waals surface area contributed by atoms with Gasteiger partial charge in [0.1, 0.15) is 29.6 Å². The molecule has 3 heterocycles. The molecular weight excluding hydrogens is 396 g/mol. The average Bonchev–Trinajstić information content (AvgIpc) is 3.15. The second-order valence-corrected chi connectivity index (χ2v) is 7.73. The Kier molecular flexibility index (Phi) is 6.22. The molecule has 9 heteroatoms. The molecule has 2 atom stereocenters. The number of aliphatic imine (C=N–C) groups is 1. The molecule has 31 heavy (non-hydrogen) atoms. The summed E-state index contributed by atoms with van der Waals surface area (Å²) in [7, 11) is 0. The maximum Gasteiger partial charge on any atom is 0.233 e. The number of aliphatic hydroxyl groups excluding tert-OH is 1. The highest BCUT2D eigenvalue weighted by atomic mass is 16.5. The van der Waals surface area contributed by atoms with Gasteiger partial charge in [0.25, 0.3) is 0 Å². The Hall–Kier alpha value is -3.33. The van der Waals surface area contributed by atoms with Crippen LogP contribution in [0.5, 0.6) is 5.88 Å². The van der Waals surface area contributed by atoms with Gasteiger partial charge in [-0.3, -0.25) is 9.98 Å². The quantitative estimate of drug-likeness (QED) is 0.458. The topological polar surface area (TPSA) is 133 Å². The Morgan fingerprint density at radius 1 is 1.19 bits per heavy atom. The van der Waals surface area contributed by atoms with E-state index in [0.29, 0.717) is 23.0 Å². The first kappa shape index (κ1) is 20.9. The van der Waals surface area contributed by atoms with Gasteiger partial charge in [-0.25, -0.2) is 0 Å². The fraction of sp³-hybridized carbons (Fsp3) is 0.409. The Labute approximate surface area is 180 Å². The van der Waals surface area contributed by atoms with Crippen LogP contribution in [0.1, 0.15) is 48.4 Å². The smallest absolute Gasteiger partial charge is 0.233 e. The van der Waals surface area contributed by atoms with E-state index in [1.807, 2.05) is 26.0 Å². The molecule has 0 spiro atoms. The van der Waals surface area contributed by atoms with Crippen molar-refractivity contribution in [3.8, 4) is 17.1 Å². The van der Waals surface area contributed by atoms with Crippen molar-refractivity contribution in [2.75, 3.05) is 0 Å². The van der Waals surface area contributed by atoms with Gasteiger partial charge in [-0.1, -0.05) is 18.0 Å². The van der Waals surface area contributed by atoms with E-state index >= 15 is 0 Å². The van der Waals surface area contributed by atoms with Crippen molar-refractivity contribution in [1.82, 2.24) is 20.3 Å². The van der Waals surface area contributed by atoms with Crippen LogP contribution in [-0.4, -0.2) is 43.4 Å². The molecule has 9 nitrogen and oxygen atoms in total. The lowest BCUT2D eigenvalue weighted by Gasteiger charge is -2.24. The summed E-state index contributed by atoms with van der Waals surface area (Å²) in [6.45, 7) is 3.99. The van der Waals surface area contributed by atoms with E-state index in [1.54, 1.807) is 18.3 Å². The number of pyridine rings is 1. The zero-order valence-corrected chi connectivity index (χ0v) is 17.7. The highest BCUT2D eigenvalue weighted by Gasteiger charge is 2.23. The summed E-state index contributed by atoms with van der Waals surface area (Å²) in [4.78, 5) is 8.75. The summed E-state index contributed by atoms with van der Waals surface area (Å²) < 4.78 is 11.2. The minimum absolute atomic E-state index is 0.183. The van der Waals surface area contributed by atoms with E-state index in [1.165, 1.54) is 0 Å². The molecule has 0 radical (unpaired) electrons. The van der Waals surface area contributed by atoms with Gasteiger partial charge in [0.2, 0.25) is 5.88 Å². The maximum absolute atomic E-state index is 10.1. The van der Waals surface area contributed by atoms with Crippen LogP contribution in [-0.2, 0) is 6.61 Å². The molecule has 3 aromatic rings. The molecule has 1 aliphatic rings. The van der Waals surface area contributed by atoms with Crippen LogP contribution < -0.4 is 10.5 Å². The lowest BCUT2D eigenvalue weighted by molar-refractivity contribution is 0.109. The van der Waals surface area contributed by atoms with Crippen molar-refractivity contribution in [3.05, 3.63) is 53.2 Å². The van der Waals surface area contributed by atoms with E-state index in [4.69, 9.17) is 15.0 Å². The van der Waals surface area contributed by atoms with Crippen molar-refractivity contribution in [1.29, 1.82) is 0 Å². The molecular formula is C22H26N6O3. The first-order valence-electron chi connectivity index (χ1n) is 10.4. The molecule has 0 saturated heterocycles. The summed E-state index contributed by atoms with van der Waals surface area (Å²) in [5, 5.41) is 22.4. The SMILES string of the molecule is Cc1ccc(-c2noc(C)c2COc2ccc(C(N)=N[C@H]3CCCC[C@@H]3O)nn2)cn1. The Bertz CT molecular complexity index is 1050. The van der Waals surface area contributed by atoms with Crippen molar-refractivity contribution >= 4 is 5.84 Å². The third-order valence-electron chi connectivity index (χ3n) is 5.44. The number of aromatic nitrogens is 4. The first-order valence-corrected chi connectivity index (χ1v) is 10.4. The minimum Gasteiger partial charge on any atom is -0.472 e. The molecule has 4 rings (SSSR count). The van der Waals surface area contributed by atoms with Crippen molar-refractivity contribution < 1.29 is 14.4 Å². The number of hydrogen-bond donors (Lipinski definition) is 2. The molecule has 1 saturated carbocycles. The fourth-order valence-electron chi connectivity index (χ4n) is 3.56. The van der Waals surface area contributed by atoms with Crippen LogP contribution in [0, 0.1) is 13.8 Å². The number of rotatable bonds is 6. The molecule has 0 aliphatic heterocycles. The van der Waals surface area contributed by atoms with Crippen LogP contribution in [0.4, 0.5) is 0 Å². The largest absolute Gasteiger partial charge is 0.472 e. The number of aryl methyl sites for hydroxylation is 2. The van der Waals surface area contributed by atoms with E-state index < -0.39 is 6.10 Å². The number of nitrogens with two attached hydrogens (primary N) is 1. The number of nitrogens with zero attached hydrogens (tertiary/aromatic N) is 5. The van der Waals surface area contributed by atoms with Gasteiger partial charge >= 0.3 is 0 Å². The standard InChI is InChI=1S/C22H26N6O3/c1-13-7-8-15(11-24-13)21-16(14(2)31-28-21)12-30-20-10-9-18(26-27-20)22(23)25-17-5-3-4-6-19(17)29/h7-11,17,19,29H,3-6,12H2,1-2H3,(H2,23,25)/t17-,19-/m0/s1. The van der Waals surface area contributed by atoms with Crippen LogP contribution in [0.2, 0.25) is 0 Å². The zero-order chi connectivity index (χ0) is 21.8. The number of aliphatic hydroxyl groups is 1. The third-order valence-corrected chi connectivity index (χ3v) is 5.44. The summed E-state index contributed by atoms with van der Waals surface area (Å²) in [6, 6.07) is 7.09. The van der Waals surface area contributed by atoms with Crippen molar-refractivity contribution in [2.45, 2.75) is 58.3 Å². The van der Waals surface area contributed by atoms with Gasteiger partial charge in [0.05, 0.1) is 17.7 Å². The molecule has 1 aliphatic carbocycles. The molecule has 1 fully saturated rings. The Morgan fingerprint density at radius 2 is 2.03 bits per heavy atom. The average molecular weight is 422 g/mol. The lowest BCUT2D eigenvalue weighted by Crippen LogP contribution is -2.31. The van der Waals surface area contributed by atoms with E-state index in [9.17, 15) is 5.11 Å². The summed E-state index contributed by atoms with van der Waals surface area (Å²) in [5.74, 6) is 1.29. The minimum atomic E-state index is -0.451. The second-order valence-electron chi connectivity index (χ2n) is 7.73. The van der Waals surface area contributed by atoms with E-state index in [2.05, 4.69) is 25.3 Å². The fourth-order valence-corrected chi connectivity index (χ4v) is 3.56. The van der Waals surface area contributed by atoms with Crippen LogP contribution >= 0.6 is 0 Å². The molecule has 0 aromatic carbocycles. The number of hydrogen-bond acceptors (Lipinski definition) is 8. The predicted octanol–water partition coefficient (Wildman–Crippen LogP) is 2.73. The lowest BCUT2D eigenvalue weighted by atomic mass is 9.93. The van der Waals surface area contributed by atoms with Crippen molar-refractivity contribution in [3.63, 3.8) is 0 Å². The summed E-state index contributed by atoms with van der Waals surface area (Å²) >= 11 is 0. The molecule has 162 valence electrons. The van der Waals surface area contributed by atoms with E-state index in [0.717, 1.165) is 42.5 Å². The first-order chi connectivity index (χ1) is 15.0. The van der Waals surface area contributed by atoms with Gasteiger partial charge in [-0.15, -0.1) is 10.2 Å². The predicted molar refractivity (Wildman–Crippen MR) is 115 cm³/mol. The van der Waals surface area contributed by atoms with Gasteiger partial charge < -0.3 is 20.1 Å². The van der Waals surface area contributed by atoms with Gasteiger partial charge in [-0.05, 0) is 44.9 Å². The van der Waals surface area contributed by atoms with Gasteiger partial charge in [0, 0.05) is 23.5 Å². The molecule has 0 amide bonds. The van der Waals surface area contributed by atoms with Crippen LogP contribution in [0.15, 0.2) is 40.0 Å². The summed E-state index contributed by atoms with van der Waals surface area (Å²) in [6.07, 6.45) is 4.95. The monoisotopic (exact) mass is 422 g/mol. The maximum atomic E-state index is 10.1. The summed E-state index contributed by atoms with van der Waals surface area (Å²) in [5.41, 5.74) is 9.83.